The van der Waals surface area contributed by atoms with Crippen LogP contribution in [0.5, 0.6) is 46.0 Å². The lowest BCUT2D eigenvalue weighted by Crippen LogP contribution is -2.43. The fourth-order valence-corrected chi connectivity index (χ4v) is 7.14. The number of nitrogens with zero attached hydrogens (tertiary/aromatic N) is 3. The maximum Gasteiger partial charge on any atom is 0.310 e. The smallest absolute Gasteiger partial charge is 0.310 e. The van der Waals surface area contributed by atoms with E-state index in [4.69, 9.17) is 42.6 Å². The first-order chi connectivity index (χ1) is 24.3. The molecule has 0 saturated carbocycles. The van der Waals surface area contributed by atoms with Crippen LogP contribution in [0.15, 0.2) is 42.6 Å². The van der Waals surface area contributed by atoms with E-state index in [1.54, 1.807) is 18.3 Å². The highest BCUT2D eigenvalue weighted by atomic mass is 16.7. The van der Waals surface area contributed by atoms with Crippen LogP contribution in [0.25, 0.3) is 0 Å². The SMILES string of the molecule is COc1cc(Cn2cc(C(=O)N[C@@H]3c4cc5c(cc4[C@@H](c4cc(OC)c(OC)c(OC)c4)[C@H]4C(=O)OC[C@@H]43)OCO5)nn2)cc(OC)c1OC. The molecule has 7 rings (SSSR count). The van der Waals surface area contributed by atoms with Gasteiger partial charge in [0.25, 0.3) is 5.91 Å². The Bertz CT molecular complexity index is 1910. The largest absolute Gasteiger partial charge is 0.493 e. The van der Waals surface area contributed by atoms with Crippen LogP contribution in [0.3, 0.4) is 0 Å². The van der Waals surface area contributed by atoms with Crippen LogP contribution in [0.2, 0.25) is 0 Å². The van der Waals surface area contributed by atoms with Gasteiger partial charge in [-0.05, 0) is 58.7 Å². The number of fused-ring (bicyclic) bond motifs is 3. The molecule has 15 nitrogen and oxygen atoms in total. The van der Waals surface area contributed by atoms with E-state index in [1.165, 1.54) is 47.3 Å². The molecule has 15 heteroatoms. The summed E-state index contributed by atoms with van der Waals surface area (Å²) < 4.78 is 51.9. The molecule has 4 aromatic rings. The number of carbonyl (C=O) groups excluding carboxylic acids is 2. The molecule has 3 heterocycles. The van der Waals surface area contributed by atoms with Gasteiger partial charge >= 0.3 is 5.97 Å². The van der Waals surface area contributed by atoms with Gasteiger partial charge in [-0.25, -0.2) is 4.68 Å². The Morgan fingerprint density at radius 3 is 1.96 bits per heavy atom. The number of rotatable bonds is 11. The second-order valence-corrected chi connectivity index (χ2v) is 11.9. The molecule has 1 saturated heterocycles. The molecule has 3 aliphatic rings. The van der Waals surface area contributed by atoms with Crippen LogP contribution in [-0.4, -0.2) is 82.9 Å². The zero-order chi connectivity index (χ0) is 35.1. The van der Waals surface area contributed by atoms with E-state index in [2.05, 4.69) is 15.6 Å². The van der Waals surface area contributed by atoms with Crippen LogP contribution in [0, 0.1) is 11.8 Å². The number of hydrogen-bond donors (Lipinski definition) is 1. The van der Waals surface area contributed by atoms with Crippen molar-refractivity contribution in [2.75, 3.05) is 56.1 Å². The fourth-order valence-electron chi connectivity index (χ4n) is 7.14. The molecule has 1 aromatic heterocycles. The number of carbonyl (C=O) groups is 2. The third kappa shape index (κ3) is 5.47. The summed E-state index contributed by atoms with van der Waals surface area (Å²) in [6, 6.07) is 10.3. The molecule has 0 spiro atoms. The topological polar surface area (TPSA) is 160 Å². The molecule has 2 aliphatic heterocycles. The maximum atomic E-state index is 13.9. The summed E-state index contributed by atoms with van der Waals surface area (Å²) in [5, 5.41) is 11.5. The number of esters is 1. The maximum absolute atomic E-state index is 13.9. The van der Waals surface area contributed by atoms with Gasteiger partial charge in [0.15, 0.2) is 40.2 Å². The van der Waals surface area contributed by atoms with Gasteiger partial charge in [-0.1, -0.05) is 5.21 Å². The number of benzene rings is 3. The monoisotopic (exact) mass is 688 g/mol. The summed E-state index contributed by atoms with van der Waals surface area (Å²) in [6.07, 6.45) is 1.55. The Kier molecular flexibility index (Phi) is 8.64. The summed E-state index contributed by atoms with van der Waals surface area (Å²) in [6.45, 7) is 0.418. The number of aromatic nitrogens is 3. The number of cyclic esters (lactones) is 1. The molecular weight excluding hydrogens is 652 g/mol. The Morgan fingerprint density at radius 2 is 1.38 bits per heavy atom. The molecule has 3 aromatic carbocycles. The van der Waals surface area contributed by atoms with Crippen LogP contribution in [-0.2, 0) is 16.1 Å². The Hall–Kier alpha value is -5.86. The van der Waals surface area contributed by atoms with Crippen LogP contribution in [0.1, 0.15) is 44.7 Å². The van der Waals surface area contributed by atoms with Crippen LogP contribution in [0.4, 0.5) is 0 Å². The summed E-state index contributed by atoms with van der Waals surface area (Å²) in [7, 11) is 9.21. The highest BCUT2D eigenvalue weighted by Crippen LogP contribution is 2.55. The van der Waals surface area contributed by atoms with Crippen LogP contribution >= 0.6 is 0 Å². The predicted molar refractivity (Wildman–Crippen MR) is 174 cm³/mol. The summed E-state index contributed by atoms with van der Waals surface area (Å²) in [5.74, 6) is 1.37. The lowest BCUT2D eigenvalue weighted by atomic mass is 9.65. The quantitative estimate of drug-likeness (QED) is 0.228. The Morgan fingerprint density at radius 1 is 0.800 bits per heavy atom. The van der Waals surface area contributed by atoms with E-state index in [1.807, 2.05) is 24.3 Å². The summed E-state index contributed by atoms with van der Waals surface area (Å²) in [4.78, 5) is 27.4. The van der Waals surface area contributed by atoms with E-state index in [9.17, 15) is 9.59 Å². The van der Waals surface area contributed by atoms with Gasteiger partial charge in [0.05, 0.1) is 74.0 Å². The average Bonchev–Trinajstić information content (AvgIpc) is 3.90. The fraction of sp³-hybridized carbons (Fsp3) is 0.371. The second kappa shape index (κ2) is 13.2. The number of amides is 1. The standard InChI is InChI=1S/C35H36N4O11/c1-42-25-7-17(8-26(43-2)32(25)46-5)13-39-14-22(37-38-39)34(40)36-31-20-12-24-23(49-16-50-24)11-19(20)29(30-21(31)15-48-35(30)41)18-9-27(44-3)33(47-6)28(10-18)45-4/h7-12,14,21,29-31H,13,15-16H2,1-6H3,(H,36,40)/t21-,29+,30-,31+/m0/s1. The molecule has 4 atom stereocenters. The molecule has 1 amide bonds. The third-order valence-corrected chi connectivity index (χ3v) is 9.36. The van der Waals surface area contributed by atoms with E-state index in [-0.39, 0.29) is 31.6 Å². The first kappa shape index (κ1) is 32.7. The van der Waals surface area contributed by atoms with Gasteiger partial charge in [0.1, 0.15) is 0 Å². The Balaban J connectivity index is 1.24. The van der Waals surface area contributed by atoms with Crippen molar-refractivity contribution in [3.63, 3.8) is 0 Å². The number of ether oxygens (including phenoxy) is 9. The van der Waals surface area contributed by atoms with Crippen molar-refractivity contribution in [2.24, 2.45) is 11.8 Å². The van der Waals surface area contributed by atoms with Crippen molar-refractivity contribution in [3.8, 4) is 46.0 Å². The highest BCUT2D eigenvalue weighted by Gasteiger charge is 2.53. The first-order valence-corrected chi connectivity index (χ1v) is 15.7. The van der Waals surface area contributed by atoms with Crippen molar-refractivity contribution >= 4 is 11.9 Å². The number of hydrogen-bond acceptors (Lipinski definition) is 13. The third-order valence-electron chi connectivity index (χ3n) is 9.36. The van der Waals surface area contributed by atoms with Crippen molar-refractivity contribution < 1.29 is 52.2 Å². The minimum atomic E-state index is -0.660. The van der Waals surface area contributed by atoms with Gasteiger partial charge in [-0.3, -0.25) is 9.59 Å². The molecule has 50 heavy (non-hydrogen) atoms. The van der Waals surface area contributed by atoms with E-state index < -0.39 is 29.7 Å². The number of methoxy groups -OCH3 is 6. The molecular formula is C35H36N4O11. The lowest BCUT2D eigenvalue weighted by molar-refractivity contribution is -0.141. The van der Waals surface area contributed by atoms with Gasteiger partial charge in [0, 0.05) is 11.8 Å². The minimum Gasteiger partial charge on any atom is -0.493 e. The van der Waals surface area contributed by atoms with Crippen molar-refractivity contribution in [1.82, 2.24) is 20.3 Å². The normalized spacial score (nSPS) is 19.9. The summed E-state index contributed by atoms with van der Waals surface area (Å²) in [5.41, 5.74) is 3.14. The van der Waals surface area contributed by atoms with Gasteiger partial charge < -0.3 is 47.9 Å². The second-order valence-electron chi connectivity index (χ2n) is 11.9. The zero-order valence-corrected chi connectivity index (χ0v) is 28.3. The molecule has 0 bridgehead atoms. The van der Waals surface area contributed by atoms with E-state index in [0.717, 1.165) is 22.3 Å². The molecule has 0 radical (unpaired) electrons. The average molecular weight is 689 g/mol. The van der Waals surface area contributed by atoms with E-state index >= 15 is 0 Å². The number of nitrogens with one attached hydrogen (secondary N) is 1. The molecule has 1 fully saturated rings. The van der Waals surface area contributed by atoms with Crippen molar-refractivity contribution in [2.45, 2.75) is 18.5 Å². The van der Waals surface area contributed by atoms with Crippen molar-refractivity contribution in [1.29, 1.82) is 0 Å². The molecule has 0 unspecified atom stereocenters. The molecule has 262 valence electrons. The summed E-state index contributed by atoms with van der Waals surface area (Å²) >= 11 is 0. The minimum absolute atomic E-state index is 0.0497. The van der Waals surface area contributed by atoms with Gasteiger partial charge in [-0.2, -0.15) is 0 Å². The zero-order valence-electron chi connectivity index (χ0n) is 28.3. The lowest BCUT2D eigenvalue weighted by Gasteiger charge is -2.39. The van der Waals surface area contributed by atoms with Gasteiger partial charge in [-0.15, -0.1) is 5.10 Å². The van der Waals surface area contributed by atoms with Crippen molar-refractivity contribution in [3.05, 3.63) is 70.5 Å². The molecule has 1 aliphatic carbocycles. The van der Waals surface area contributed by atoms with Crippen LogP contribution < -0.4 is 43.2 Å². The highest BCUT2D eigenvalue weighted by molar-refractivity contribution is 5.92. The Labute approximate surface area is 287 Å². The molecule has 1 N–H and O–H groups in total. The van der Waals surface area contributed by atoms with Gasteiger partial charge in [0.2, 0.25) is 18.3 Å². The first-order valence-electron chi connectivity index (χ1n) is 15.7. The predicted octanol–water partition coefficient (Wildman–Crippen LogP) is 3.51. The van der Waals surface area contributed by atoms with E-state index in [0.29, 0.717) is 46.0 Å².